The van der Waals surface area contributed by atoms with Crippen molar-refractivity contribution in [2.24, 2.45) is 0 Å². The zero-order valence-corrected chi connectivity index (χ0v) is 11.2. The number of rotatable bonds is 5. The van der Waals surface area contributed by atoms with Crippen LogP contribution in [0, 0.1) is 0 Å². The van der Waals surface area contributed by atoms with Crippen LogP contribution in [0.4, 0.5) is 0 Å². The lowest BCUT2D eigenvalue weighted by Crippen LogP contribution is -2.19. The van der Waals surface area contributed by atoms with E-state index >= 15 is 0 Å². The largest absolute Gasteiger partial charge is 0.385 e. The Balaban J connectivity index is 2.67. The molecule has 0 radical (unpaired) electrons. The molecule has 4 nitrogen and oxygen atoms in total. The van der Waals surface area contributed by atoms with Gasteiger partial charge in [0.2, 0.25) is 5.28 Å². The smallest absolute Gasteiger partial charge is 0.225 e. The third kappa shape index (κ3) is 3.46. The molecule has 5 heteroatoms. The van der Waals surface area contributed by atoms with Crippen molar-refractivity contribution >= 4 is 11.6 Å². The summed E-state index contributed by atoms with van der Waals surface area (Å²) in [6, 6.07) is 0. The average Bonchev–Trinajstić information content (AvgIpc) is 2.54. The SMILES string of the molecule is COCCCCn1c(Cl)nnc1C(C)(C)C. The molecule has 1 aromatic rings. The van der Waals surface area contributed by atoms with Gasteiger partial charge in [0.25, 0.3) is 0 Å². The van der Waals surface area contributed by atoms with Gasteiger partial charge >= 0.3 is 0 Å². The summed E-state index contributed by atoms with van der Waals surface area (Å²) in [5, 5.41) is 8.54. The highest BCUT2D eigenvalue weighted by atomic mass is 35.5. The maximum Gasteiger partial charge on any atom is 0.225 e. The Morgan fingerprint density at radius 2 is 1.94 bits per heavy atom. The Morgan fingerprint density at radius 1 is 1.25 bits per heavy atom. The fourth-order valence-corrected chi connectivity index (χ4v) is 1.76. The lowest BCUT2D eigenvalue weighted by atomic mass is 9.95. The maximum absolute atomic E-state index is 6.02. The number of ether oxygens (including phenoxy) is 1. The molecule has 0 saturated carbocycles. The molecule has 1 heterocycles. The molecule has 0 aliphatic heterocycles. The minimum absolute atomic E-state index is 0.0264. The number of hydrogen-bond acceptors (Lipinski definition) is 3. The fraction of sp³-hybridized carbons (Fsp3) is 0.818. The maximum atomic E-state index is 6.02. The van der Waals surface area contributed by atoms with Gasteiger partial charge in [-0.25, -0.2) is 0 Å². The highest BCUT2D eigenvalue weighted by molar-refractivity contribution is 6.28. The van der Waals surface area contributed by atoms with Crippen molar-refractivity contribution in [2.75, 3.05) is 13.7 Å². The molecule has 1 rings (SSSR count). The van der Waals surface area contributed by atoms with Gasteiger partial charge in [-0.1, -0.05) is 20.8 Å². The number of methoxy groups -OCH3 is 1. The summed E-state index contributed by atoms with van der Waals surface area (Å²) in [4.78, 5) is 0. The van der Waals surface area contributed by atoms with Gasteiger partial charge in [-0.2, -0.15) is 0 Å². The van der Waals surface area contributed by atoms with Crippen molar-refractivity contribution in [1.82, 2.24) is 14.8 Å². The molecule has 0 aromatic carbocycles. The van der Waals surface area contributed by atoms with E-state index in [1.165, 1.54) is 0 Å². The number of halogens is 1. The average molecular weight is 246 g/mol. The van der Waals surface area contributed by atoms with Crippen LogP contribution >= 0.6 is 11.6 Å². The van der Waals surface area contributed by atoms with E-state index in [0.29, 0.717) is 5.28 Å². The zero-order valence-electron chi connectivity index (χ0n) is 10.5. The molecule has 0 unspecified atom stereocenters. The first-order valence-electron chi connectivity index (χ1n) is 5.55. The molecule has 0 fully saturated rings. The molecule has 16 heavy (non-hydrogen) atoms. The summed E-state index contributed by atoms with van der Waals surface area (Å²) >= 11 is 6.02. The van der Waals surface area contributed by atoms with Gasteiger partial charge < -0.3 is 9.30 Å². The highest BCUT2D eigenvalue weighted by Crippen LogP contribution is 2.23. The van der Waals surface area contributed by atoms with Crippen LogP contribution in [0.1, 0.15) is 39.4 Å². The van der Waals surface area contributed by atoms with E-state index in [-0.39, 0.29) is 5.41 Å². The van der Waals surface area contributed by atoms with E-state index in [4.69, 9.17) is 16.3 Å². The number of aromatic nitrogens is 3. The number of hydrogen-bond donors (Lipinski definition) is 0. The van der Waals surface area contributed by atoms with Crippen LogP contribution in [-0.4, -0.2) is 28.5 Å². The summed E-state index contributed by atoms with van der Waals surface area (Å²) in [6.45, 7) is 7.96. The topological polar surface area (TPSA) is 39.9 Å². The molecule has 0 N–H and O–H groups in total. The minimum Gasteiger partial charge on any atom is -0.385 e. The van der Waals surface area contributed by atoms with E-state index < -0.39 is 0 Å². The Bertz CT molecular complexity index is 330. The summed E-state index contributed by atoms with van der Waals surface area (Å²) in [5.41, 5.74) is -0.0264. The van der Waals surface area contributed by atoms with Crippen molar-refractivity contribution in [1.29, 1.82) is 0 Å². The third-order valence-electron chi connectivity index (χ3n) is 2.36. The van der Waals surface area contributed by atoms with Crippen LogP contribution in [0.5, 0.6) is 0 Å². The van der Waals surface area contributed by atoms with E-state index in [2.05, 4.69) is 31.0 Å². The normalized spacial score (nSPS) is 12.1. The van der Waals surface area contributed by atoms with Gasteiger partial charge in [0.15, 0.2) is 0 Å². The quantitative estimate of drug-likeness (QED) is 0.749. The second-order valence-electron chi connectivity index (χ2n) is 4.89. The van der Waals surface area contributed by atoms with Gasteiger partial charge in [-0.3, -0.25) is 0 Å². The van der Waals surface area contributed by atoms with Crippen molar-refractivity contribution in [3.63, 3.8) is 0 Å². The predicted molar refractivity (Wildman–Crippen MR) is 64.8 cm³/mol. The van der Waals surface area contributed by atoms with Crippen LogP contribution in [0.3, 0.4) is 0 Å². The molecule has 1 aromatic heterocycles. The van der Waals surface area contributed by atoms with E-state index in [1.54, 1.807) is 7.11 Å². The third-order valence-corrected chi connectivity index (χ3v) is 2.64. The molecule has 0 bridgehead atoms. The minimum atomic E-state index is -0.0264. The van der Waals surface area contributed by atoms with Crippen LogP contribution in [-0.2, 0) is 16.7 Å². The van der Waals surface area contributed by atoms with Crippen LogP contribution in [0.2, 0.25) is 5.28 Å². The molecule has 0 atom stereocenters. The van der Waals surface area contributed by atoms with Crippen molar-refractivity contribution in [3.8, 4) is 0 Å². The number of nitrogens with zero attached hydrogens (tertiary/aromatic N) is 3. The standard InChI is InChI=1S/C11H20ClN3O/c1-11(2,3)9-13-14-10(12)15(9)7-5-6-8-16-4/h5-8H2,1-4H3. The summed E-state index contributed by atoms with van der Waals surface area (Å²) in [5.74, 6) is 0.940. The van der Waals surface area contributed by atoms with Crippen molar-refractivity contribution in [2.45, 2.75) is 45.6 Å². The molecule has 92 valence electrons. The molecule has 0 aliphatic carbocycles. The summed E-state index contributed by atoms with van der Waals surface area (Å²) < 4.78 is 7.00. The van der Waals surface area contributed by atoms with Gasteiger partial charge in [-0.05, 0) is 24.4 Å². The lowest BCUT2D eigenvalue weighted by Gasteiger charge is -2.18. The Morgan fingerprint density at radius 3 is 2.50 bits per heavy atom. The summed E-state index contributed by atoms with van der Waals surface area (Å²) in [6.07, 6.45) is 2.04. The molecular formula is C11H20ClN3O. The van der Waals surface area contributed by atoms with Crippen LogP contribution in [0.25, 0.3) is 0 Å². The van der Waals surface area contributed by atoms with E-state index in [1.807, 2.05) is 4.57 Å². The first-order chi connectivity index (χ1) is 7.46. The van der Waals surface area contributed by atoms with Crippen LogP contribution in [0.15, 0.2) is 0 Å². The summed E-state index contributed by atoms with van der Waals surface area (Å²) in [7, 11) is 1.71. The van der Waals surface area contributed by atoms with Crippen molar-refractivity contribution in [3.05, 3.63) is 11.1 Å². The Hall–Kier alpha value is -0.610. The fourth-order valence-electron chi connectivity index (χ4n) is 1.55. The molecule has 0 amide bonds. The van der Waals surface area contributed by atoms with E-state index in [0.717, 1.165) is 31.8 Å². The van der Waals surface area contributed by atoms with Gasteiger partial charge in [0, 0.05) is 25.7 Å². The van der Waals surface area contributed by atoms with E-state index in [9.17, 15) is 0 Å². The molecule has 0 saturated heterocycles. The highest BCUT2D eigenvalue weighted by Gasteiger charge is 2.22. The molecular weight excluding hydrogens is 226 g/mol. The number of unbranched alkanes of at least 4 members (excludes halogenated alkanes) is 1. The van der Waals surface area contributed by atoms with Gasteiger partial charge in [0.05, 0.1) is 0 Å². The van der Waals surface area contributed by atoms with Crippen molar-refractivity contribution < 1.29 is 4.74 Å². The van der Waals surface area contributed by atoms with Crippen LogP contribution < -0.4 is 0 Å². The molecule has 0 spiro atoms. The first-order valence-corrected chi connectivity index (χ1v) is 5.92. The Labute approximate surface area is 102 Å². The predicted octanol–water partition coefficient (Wildman–Crippen LogP) is 2.66. The zero-order chi connectivity index (χ0) is 12.2. The molecule has 0 aliphatic rings. The second kappa shape index (κ2) is 5.64. The monoisotopic (exact) mass is 245 g/mol. The Kier molecular flexibility index (Phi) is 4.74. The van der Waals surface area contributed by atoms with Gasteiger partial charge in [0.1, 0.15) is 5.82 Å². The van der Waals surface area contributed by atoms with Gasteiger partial charge in [-0.15, -0.1) is 10.2 Å². The second-order valence-corrected chi connectivity index (χ2v) is 5.23. The first kappa shape index (κ1) is 13.5. The lowest BCUT2D eigenvalue weighted by molar-refractivity contribution is 0.191.